The van der Waals surface area contributed by atoms with E-state index in [-0.39, 0.29) is 34.0 Å². The van der Waals surface area contributed by atoms with E-state index in [1.54, 1.807) is 42.7 Å². The standard InChI is InChI=1S/C30H28N6O6S2/c1-42-22-7-9-23(10-8-22)44(40,41)36-14-12-35(13-15-36)29-19-32-26-11-6-20(17-27(26)34-29)21-16-25(30(37)33-18-21)24-4-2-3-5-28(24)43(31,38)39/h2-11,16-19H,12-15H2,1H3,(H,33,37)(H2,31,38,39). The van der Waals surface area contributed by atoms with Crippen molar-refractivity contribution >= 4 is 36.9 Å². The highest BCUT2D eigenvalue weighted by atomic mass is 32.2. The number of rotatable bonds is 7. The highest BCUT2D eigenvalue weighted by Gasteiger charge is 2.29. The first kappa shape index (κ1) is 29.4. The minimum absolute atomic E-state index is 0.145. The van der Waals surface area contributed by atoms with Gasteiger partial charge in [-0.1, -0.05) is 24.3 Å². The van der Waals surface area contributed by atoms with Crippen LogP contribution in [0.25, 0.3) is 33.3 Å². The van der Waals surface area contributed by atoms with Crippen molar-refractivity contribution in [3.63, 3.8) is 0 Å². The number of ether oxygens (including phenoxy) is 1. The maximum atomic E-state index is 13.2. The van der Waals surface area contributed by atoms with E-state index in [1.807, 2.05) is 23.1 Å². The Labute approximate surface area is 253 Å². The summed E-state index contributed by atoms with van der Waals surface area (Å²) in [5, 5.41) is 5.40. The van der Waals surface area contributed by atoms with Crippen molar-refractivity contribution in [3.8, 4) is 28.0 Å². The van der Waals surface area contributed by atoms with Crippen molar-refractivity contribution in [2.45, 2.75) is 9.79 Å². The summed E-state index contributed by atoms with van der Waals surface area (Å²) in [6, 6.07) is 19.5. The van der Waals surface area contributed by atoms with Crippen LogP contribution >= 0.6 is 0 Å². The Hall–Kier alpha value is -4.63. The van der Waals surface area contributed by atoms with E-state index in [4.69, 9.17) is 14.9 Å². The Kier molecular flexibility index (Phi) is 7.67. The van der Waals surface area contributed by atoms with E-state index >= 15 is 0 Å². The van der Waals surface area contributed by atoms with Gasteiger partial charge in [-0.15, -0.1) is 0 Å². The van der Waals surface area contributed by atoms with E-state index in [1.165, 1.54) is 35.7 Å². The number of primary sulfonamides is 1. The Morgan fingerprint density at radius 1 is 0.841 bits per heavy atom. The van der Waals surface area contributed by atoms with Crippen LogP contribution in [0, 0.1) is 0 Å². The van der Waals surface area contributed by atoms with Gasteiger partial charge in [0.25, 0.3) is 5.56 Å². The second-order valence-electron chi connectivity index (χ2n) is 10.2. The largest absolute Gasteiger partial charge is 0.497 e. The average Bonchev–Trinajstić information content (AvgIpc) is 3.04. The van der Waals surface area contributed by atoms with Gasteiger partial charge in [-0.05, 0) is 59.7 Å². The normalized spacial score (nSPS) is 14.5. The van der Waals surface area contributed by atoms with Gasteiger partial charge in [0.1, 0.15) is 11.6 Å². The van der Waals surface area contributed by atoms with Crippen molar-refractivity contribution in [2.75, 3.05) is 38.2 Å². The first-order valence-electron chi connectivity index (χ1n) is 13.6. The highest BCUT2D eigenvalue weighted by molar-refractivity contribution is 7.89. The molecule has 3 aromatic carbocycles. The molecule has 0 spiro atoms. The molecular weight excluding hydrogens is 605 g/mol. The average molecular weight is 633 g/mol. The van der Waals surface area contributed by atoms with Crippen LogP contribution in [0.3, 0.4) is 0 Å². The third-order valence-corrected chi connectivity index (χ3v) is 10.4. The molecule has 0 unspecified atom stereocenters. The predicted octanol–water partition coefficient (Wildman–Crippen LogP) is 2.82. The second-order valence-corrected chi connectivity index (χ2v) is 13.6. The number of hydrogen-bond acceptors (Lipinski definition) is 9. The zero-order chi connectivity index (χ0) is 31.1. The molecule has 12 nitrogen and oxygen atoms in total. The number of methoxy groups -OCH3 is 1. The molecule has 44 heavy (non-hydrogen) atoms. The summed E-state index contributed by atoms with van der Waals surface area (Å²) >= 11 is 0. The molecule has 3 heterocycles. The monoisotopic (exact) mass is 632 g/mol. The van der Waals surface area contributed by atoms with E-state index in [0.717, 1.165) is 5.56 Å². The number of piperazine rings is 1. The molecule has 14 heteroatoms. The number of anilines is 1. The van der Waals surface area contributed by atoms with Crippen molar-refractivity contribution in [2.24, 2.45) is 5.14 Å². The topological polar surface area (TPSA) is 169 Å². The zero-order valence-corrected chi connectivity index (χ0v) is 25.2. The Balaban J connectivity index is 1.25. The van der Waals surface area contributed by atoms with E-state index in [9.17, 15) is 21.6 Å². The lowest BCUT2D eigenvalue weighted by atomic mass is 10.0. The number of benzene rings is 3. The fourth-order valence-corrected chi connectivity index (χ4v) is 7.35. The van der Waals surface area contributed by atoms with Gasteiger partial charge in [-0.3, -0.25) is 9.78 Å². The van der Waals surface area contributed by atoms with Gasteiger partial charge in [0.2, 0.25) is 20.0 Å². The molecule has 226 valence electrons. The van der Waals surface area contributed by atoms with Crippen LogP contribution < -0.4 is 20.3 Å². The van der Waals surface area contributed by atoms with Crippen LogP contribution in [-0.4, -0.2) is 69.4 Å². The molecule has 0 bridgehead atoms. The van der Waals surface area contributed by atoms with Crippen LogP contribution in [0.1, 0.15) is 0 Å². The van der Waals surface area contributed by atoms with Crippen molar-refractivity contribution < 1.29 is 21.6 Å². The molecule has 0 radical (unpaired) electrons. The minimum Gasteiger partial charge on any atom is -0.497 e. The van der Waals surface area contributed by atoms with Crippen molar-refractivity contribution in [3.05, 3.63) is 95.5 Å². The molecule has 3 N–H and O–H groups in total. The molecule has 6 rings (SSSR count). The summed E-state index contributed by atoms with van der Waals surface area (Å²) in [6.45, 7) is 1.44. The fourth-order valence-electron chi connectivity index (χ4n) is 5.18. The number of pyridine rings is 1. The number of aromatic nitrogens is 3. The van der Waals surface area contributed by atoms with Gasteiger partial charge in [0, 0.05) is 43.5 Å². The minimum atomic E-state index is -4.07. The Morgan fingerprint density at radius 2 is 1.57 bits per heavy atom. The first-order valence-corrected chi connectivity index (χ1v) is 16.5. The lowest BCUT2D eigenvalue weighted by Crippen LogP contribution is -2.48. The SMILES string of the molecule is COc1ccc(S(=O)(=O)N2CCN(c3cnc4ccc(-c5c[nH]c(=O)c(-c6ccccc6S(N)(=O)=O)c5)cc4n3)CC2)cc1. The summed E-state index contributed by atoms with van der Waals surface area (Å²) in [5.74, 6) is 1.19. The number of fused-ring (bicyclic) bond motifs is 1. The van der Waals surface area contributed by atoms with Crippen LogP contribution in [0.15, 0.2) is 99.8 Å². The van der Waals surface area contributed by atoms with Gasteiger partial charge < -0.3 is 14.6 Å². The number of hydrogen-bond donors (Lipinski definition) is 2. The molecule has 1 aliphatic heterocycles. The summed E-state index contributed by atoms with van der Waals surface area (Å²) in [5.41, 5.74) is 2.53. The maximum Gasteiger partial charge on any atom is 0.255 e. The summed E-state index contributed by atoms with van der Waals surface area (Å²) in [7, 11) is -6.19. The number of H-pyrrole nitrogens is 1. The molecule has 0 aliphatic carbocycles. The van der Waals surface area contributed by atoms with Crippen molar-refractivity contribution in [1.82, 2.24) is 19.3 Å². The summed E-state index contributed by atoms with van der Waals surface area (Å²) < 4.78 is 57.2. The quantitative estimate of drug-likeness (QED) is 0.274. The lowest BCUT2D eigenvalue weighted by Gasteiger charge is -2.34. The van der Waals surface area contributed by atoms with E-state index in [0.29, 0.717) is 41.3 Å². The number of nitrogens with one attached hydrogen (secondary N) is 1. The first-order chi connectivity index (χ1) is 21.0. The zero-order valence-electron chi connectivity index (χ0n) is 23.5. The van der Waals surface area contributed by atoms with Gasteiger partial charge in [0.15, 0.2) is 0 Å². The smallest absolute Gasteiger partial charge is 0.255 e. The van der Waals surface area contributed by atoms with Crippen LogP contribution in [0.5, 0.6) is 5.75 Å². The third-order valence-electron chi connectivity index (χ3n) is 7.51. The fraction of sp³-hybridized carbons (Fsp3) is 0.167. The van der Waals surface area contributed by atoms with Crippen molar-refractivity contribution in [1.29, 1.82) is 0 Å². The Bertz CT molecular complexity index is 2140. The van der Waals surface area contributed by atoms with Gasteiger partial charge in [-0.2, -0.15) is 4.31 Å². The van der Waals surface area contributed by atoms with Crippen LogP contribution in [0.4, 0.5) is 5.82 Å². The third kappa shape index (κ3) is 5.67. The van der Waals surface area contributed by atoms with Gasteiger partial charge in [0.05, 0.1) is 34.1 Å². The van der Waals surface area contributed by atoms with Gasteiger partial charge in [-0.25, -0.2) is 27.0 Å². The molecule has 1 fully saturated rings. The summed E-state index contributed by atoms with van der Waals surface area (Å²) in [4.78, 5) is 26.9. The van der Waals surface area contributed by atoms with Crippen LogP contribution in [0.2, 0.25) is 0 Å². The highest BCUT2D eigenvalue weighted by Crippen LogP contribution is 2.29. The number of sulfonamides is 2. The molecule has 0 saturated carbocycles. The molecule has 1 saturated heterocycles. The van der Waals surface area contributed by atoms with E-state index < -0.39 is 25.6 Å². The molecule has 2 aromatic heterocycles. The molecule has 5 aromatic rings. The molecular formula is C30H28N6O6S2. The number of nitrogens with two attached hydrogens (primary N) is 1. The van der Waals surface area contributed by atoms with Gasteiger partial charge >= 0.3 is 0 Å². The number of nitrogens with zero attached hydrogens (tertiary/aromatic N) is 4. The summed E-state index contributed by atoms with van der Waals surface area (Å²) in [6.07, 6.45) is 3.21. The predicted molar refractivity (Wildman–Crippen MR) is 166 cm³/mol. The maximum absolute atomic E-state index is 13.2. The second kappa shape index (κ2) is 11.5. The van der Waals surface area contributed by atoms with E-state index in [2.05, 4.69) is 9.97 Å². The number of aromatic amines is 1. The molecule has 1 aliphatic rings. The lowest BCUT2D eigenvalue weighted by molar-refractivity contribution is 0.383. The molecule has 0 amide bonds. The van der Waals surface area contributed by atoms with Crippen LogP contribution in [-0.2, 0) is 20.0 Å². The molecule has 0 atom stereocenters. The Morgan fingerprint density at radius 3 is 2.27 bits per heavy atom.